The third kappa shape index (κ3) is 6.12. The molecular formula is C23H31ClN2O3. The topological polar surface area (TPSA) is 75.8 Å². The molecule has 29 heavy (non-hydrogen) atoms. The predicted molar refractivity (Wildman–Crippen MR) is 119 cm³/mol. The van der Waals surface area contributed by atoms with E-state index in [4.69, 9.17) is 10.5 Å². The van der Waals surface area contributed by atoms with Crippen molar-refractivity contribution in [3.8, 4) is 5.75 Å². The van der Waals surface area contributed by atoms with Gasteiger partial charge in [-0.15, -0.1) is 12.4 Å². The molecule has 2 atom stereocenters. The highest BCUT2D eigenvalue weighted by molar-refractivity contribution is 5.95. The lowest BCUT2D eigenvalue weighted by Crippen LogP contribution is -2.23. The Hall–Kier alpha value is -2.24. The Balaban J connectivity index is 0.00000300. The fourth-order valence-electron chi connectivity index (χ4n) is 3.97. The van der Waals surface area contributed by atoms with Crippen LogP contribution in [0.1, 0.15) is 40.7 Å². The van der Waals surface area contributed by atoms with Crippen molar-refractivity contribution in [3.05, 3.63) is 59.2 Å². The standard InChI is InChI=1S/C23H30N2O3.ClH/c1-25(2)23(27)18-13-17-11-16(7-6-10-21(17)22(24)14-18)12-19(26)15-28-20-8-4-3-5-9-20;/h3-5,8-9,13-14,16,19,26H,6-7,10-12,15,24H2,1-2H3;1H/t16?,19-;/m0./s1. The molecule has 1 unspecified atom stereocenters. The average Bonchev–Trinajstić information content (AvgIpc) is 2.88. The third-order valence-corrected chi connectivity index (χ3v) is 5.37. The Labute approximate surface area is 179 Å². The van der Waals surface area contributed by atoms with Gasteiger partial charge in [-0.05, 0) is 73.4 Å². The highest BCUT2D eigenvalue weighted by Gasteiger charge is 2.23. The Kier molecular flexibility index (Phi) is 8.35. The monoisotopic (exact) mass is 418 g/mol. The van der Waals surface area contributed by atoms with Gasteiger partial charge in [0.25, 0.3) is 5.91 Å². The van der Waals surface area contributed by atoms with E-state index in [0.717, 1.165) is 42.6 Å². The van der Waals surface area contributed by atoms with Crippen LogP contribution in [0, 0.1) is 5.92 Å². The Bertz CT molecular complexity index is 811. The van der Waals surface area contributed by atoms with Crippen molar-refractivity contribution in [2.75, 3.05) is 26.4 Å². The number of aliphatic hydroxyl groups excluding tert-OH is 1. The van der Waals surface area contributed by atoms with Gasteiger partial charge in [0.1, 0.15) is 12.4 Å². The molecule has 0 radical (unpaired) electrons. The summed E-state index contributed by atoms with van der Waals surface area (Å²) in [5, 5.41) is 10.5. The smallest absolute Gasteiger partial charge is 0.253 e. The van der Waals surface area contributed by atoms with Crippen molar-refractivity contribution in [2.45, 2.75) is 38.2 Å². The number of para-hydroxylation sites is 1. The number of halogens is 1. The van der Waals surface area contributed by atoms with E-state index in [1.165, 1.54) is 0 Å². The van der Waals surface area contributed by atoms with Crippen LogP contribution in [0.5, 0.6) is 5.75 Å². The number of benzene rings is 2. The first-order valence-electron chi connectivity index (χ1n) is 9.93. The maximum absolute atomic E-state index is 12.4. The number of carbonyl (C=O) groups is 1. The highest BCUT2D eigenvalue weighted by Crippen LogP contribution is 2.32. The van der Waals surface area contributed by atoms with Gasteiger partial charge in [0.2, 0.25) is 0 Å². The number of hydrogen-bond donors (Lipinski definition) is 2. The quantitative estimate of drug-likeness (QED) is 0.553. The fraction of sp³-hybridized carbons (Fsp3) is 0.435. The number of nitrogens with zero attached hydrogens (tertiary/aromatic N) is 1. The van der Waals surface area contributed by atoms with Gasteiger partial charge in [0, 0.05) is 25.3 Å². The molecule has 1 aliphatic rings. The van der Waals surface area contributed by atoms with E-state index in [0.29, 0.717) is 23.6 Å². The van der Waals surface area contributed by atoms with Gasteiger partial charge in [-0.1, -0.05) is 18.2 Å². The molecule has 1 aliphatic carbocycles. The number of carbonyl (C=O) groups excluding carboxylic acids is 1. The second kappa shape index (κ2) is 10.5. The zero-order chi connectivity index (χ0) is 20.1. The summed E-state index contributed by atoms with van der Waals surface area (Å²) >= 11 is 0. The summed E-state index contributed by atoms with van der Waals surface area (Å²) in [6, 6.07) is 13.3. The Morgan fingerprint density at radius 3 is 2.69 bits per heavy atom. The summed E-state index contributed by atoms with van der Waals surface area (Å²) in [6.45, 7) is 0.286. The zero-order valence-corrected chi connectivity index (χ0v) is 18.0. The molecule has 3 N–H and O–H groups in total. The third-order valence-electron chi connectivity index (χ3n) is 5.37. The summed E-state index contributed by atoms with van der Waals surface area (Å²) in [7, 11) is 3.49. The lowest BCUT2D eigenvalue weighted by molar-refractivity contribution is 0.0823. The van der Waals surface area contributed by atoms with Crippen LogP contribution in [0.3, 0.4) is 0 Å². The molecule has 158 valence electrons. The molecule has 6 heteroatoms. The van der Waals surface area contributed by atoms with E-state index in [9.17, 15) is 9.90 Å². The molecule has 0 spiro atoms. The van der Waals surface area contributed by atoms with E-state index in [-0.39, 0.29) is 24.9 Å². The molecule has 0 saturated carbocycles. The molecular weight excluding hydrogens is 388 g/mol. The number of hydrogen-bond acceptors (Lipinski definition) is 4. The van der Waals surface area contributed by atoms with Crippen LogP contribution in [0.15, 0.2) is 42.5 Å². The Morgan fingerprint density at radius 1 is 1.28 bits per heavy atom. The number of amides is 1. The van der Waals surface area contributed by atoms with Crippen molar-refractivity contribution < 1.29 is 14.6 Å². The Morgan fingerprint density at radius 2 is 2.00 bits per heavy atom. The molecule has 5 nitrogen and oxygen atoms in total. The lowest BCUT2D eigenvalue weighted by Gasteiger charge is -2.20. The molecule has 2 aromatic rings. The summed E-state index contributed by atoms with van der Waals surface area (Å²) in [5.41, 5.74) is 9.91. The zero-order valence-electron chi connectivity index (χ0n) is 17.1. The van der Waals surface area contributed by atoms with Gasteiger partial charge in [-0.2, -0.15) is 0 Å². The van der Waals surface area contributed by atoms with E-state index in [2.05, 4.69) is 0 Å². The molecule has 0 aliphatic heterocycles. The second-order valence-corrected chi connectivity index (χ2v) is 7.88. The van der Waals surface area contributed by atoms with Gasteiger partial charge in [0.15, 0.2) is 0 Å². The van der Waals surface area contributed by atoms with Crippen LogP contribution in [-0.4, -0.2) is 42.7 Å². The van der Waals surface area contributed by atoms with Crippen LogP contribution < -0.4 is 10.5 Å². The van der Waals surface area contributed by atoms with E-state index >= 15 is 0 Å². The molecule has 0 bridgehead atoms. The van der Waals surface area contributed by atoms with Crippen molar-refractivity contribution >= 4 is 24.0 Å². The van der Waals surface area contributed by atoms with Crippen molar-refractivity contribution in [2.24, 2.45) is 5.92 Å². The van der Waals surface area contributed by atoms with Crippen LogP contribution >= 0.6 is 12.4 Å². The van der Waals surface area contributed by atoms with E-state index in [1.807, 2.05) is 36.4 Å². The van der Waals surface area contributed by atoms with Crippen molar-refractivity contribution in [1.29, 1.82) is 0 Å². The van der Waals surface area contributed by atoms with Crippen LogP contribution in [0.2, 0.25) is 0 Å². The molecule has 2 aromatic carbocycles. The number of rotatable bonds is 6. The number of ether oxygens (including phenoxy) is 1. The maximum atomic E-state index is 12.4. The lowest BCUT2D eigenvalue weighted by atomic mass is 9.90. The first-order chi connectivity index (χ1) is 13.4. The summed E-state index contributed by atoms with van der Waals surface area (Å²) < 4.78 is 5.69. The van der Waals surface area contributed by atoms with E-state index < -0.39 is 6.10 Å². The van der Waals surface area contributed by atoms with Gasteiger partial charge in [-0.25, -0.2) is 0 Å². The number of nitrogen functional groups attached to an aromatic ring is 1. The number of fused-ring (bicyclic) bond motifs is 1. The molecule has 0 heterocycles. The van der Waals surface area contributed by atoms with Crippen molar-refractivity contribution in [3.63, 3.8) is 0 Å². The molecule has 3 rings (SSSR count). The molecule has 0 fully saturated rings. The number of aliphatic hydroxyl groups is 1. The minimum Gasteiger partial charge on any atom is -0.491 e. The number of anilines is 1. The van der Waals surface area contributed by atoms with Gasteiger partial charge in [-0.3, -0.25) is 4.79 Å². The highest BCUT2D eigenvalue weighted by atomic mass is 35.5. The molecule has 1 amide bonds. The maximum Gasteiger partial charge on any atom is 0.253 e. The van der Waals surface area contributed by atoms with Crippen LogP contribution in [0.4, 0.5) is 5.69 Å². The second-order valence-electron chi connectivity index (χ2n) is 7.88. The van der Waals surface area contributed by atoms with E-state index in [1.54, 1.807) is 25.1 Å². The summed E-state index contributed by atoms with van der Waals surface area (Å²) in [6.07, 6.45) is 3.98. The average molecular weight is 419 g/mol. The first kappa shape index (κ1) is 23.0. The first-order valence-corrected chi connectivity index (χ1v) is 9.93. The molecule has 0 aromatic heterocycles. The largest absolute Gasteiger partial charge is 0.491 e. The van der Waals surface area contributed by atoms with Gasteiger partial charge >= 0.3 is 0 Å². The minimum atomic E-state index is -0.518. The summed E-state index contributed by atoms with van der Waals surface area (Å²) in [4.78, 5) is 13.9. The summed E-state index contributed by atoms with van der Waals surface area (Å²) in [5.74, 6) is 1.08. The number of nitrogens with two attached hydrogens (primary N) is 1. The van der Waals surface area contributed by atoms with Crippen molar-refractivity contribution in [1.82, 2.24) is 4.90 Å². The molecule has 0 saturated heterocycles. The van der Waals surface area contributed by atoms with Crippen LogP contribution in [0.25, 0.3) is 0 Å². The normalized spacial score (nSPS) is 16.7. The SMILES string of the molecule is CN(C)C(=O)c1cc(N)c2c(c1)CC(C[C@H](O)COc1ccccc1)CCC2.Cl. The van der Waals surface area contributed by atoms with Gasteiger partial charge in [0.05, 0.1) is 6.10 Å². The predicted octanol–water partition coefficient (Wildman–Crippen LogP) is 3.72. The van der Waals surface area contributed by atoms with Crippen LogP contribution in [-0.2, 0) is 12.8 Å². The van der Waals surface area contributed by atoms with Gasteiger partial charge < -0.3 is 20.5 Å². The fourth-order valence-corrected chi connectivity index (χ4v) is 3.97. The minimum absolute atomic E-state index is 0.